The van der Waals surface area contributed by atoms with Crippen LogP contribution in [0.1, 0.15) is 0 Å². The molecule has 0 aliphatic carbocycles. The molecule has 104 valence electrons. The molecule has 1 aromatic heterocycles. The summed E-state index contributed by atoms with van der Waals surface area (Å²) >= 11 is 5.85. The second-order valence-electron chi connectivity index (χ2n) is 4.35. The fourth-order valence-corrected chi connectivity index (χ4v) is 1.96. The SMILES string of the molecule is O=C(Oc1ccccc1)n1cnc(-c2ccc(Cl)cc2)c1. The molecule has 0 aliphatic rings. The van der Waals surface area contributed by atoms with Gasteiger partial charge in [0.25, 0.3) is 0 Å². The zero-order chi connectivity index (χ0) is 14.7. The van der Waals surface area contributed by atoms with Crippen molar-refractivity contribution in [2.75, 3.05) is 0 Å². The Hall–Kier alpha value is -2.59. The molecule has 0 aliphatic heterocycles. The van der Waals surface area contributed by atoms with Gasteiger partial charge in [-0.15, -0.1) is 0 Å². The van der Waals surface area contributed by atoms with Crippen molar-refractivity contribution in [2.45, 2.75) is 0 Å². The second-order valence-corrected chi connectivity index (χ2v) is 4.79. The third-order valence-electron chi connectivity index (χ3n) is 2.88. The van der Waals surface area contributed by atoms with E-state index in [4.69, 9.17) is 16.3 Å². The Labute approximate surface area is 126 Å². The van der Waals surface area contributed by atoms with Gasteiger partial charge in [-0.1, -0.05) is 41.9 Å². The number of carbonyl (C=O) groups is 1. The predicted octanol–water partition coefficient (Wildman–Crippen LogP) is 4.25. The highest BCUT2D eigenvalue weighted by Gasteiger charge is 2.10. The van der Waals surface area contributed by atoms with Crippen LogP contribution in [0.5, 0.6) is 5.75 Å². The van der Waals surface area contributed by atoms with Crippen molar-refractivity contribution >= 4 is 17.7 Å². The van der Waals surface area contributed by atoms with Crippen LogP contribution in [-0.2, 0) is 0 Å². The topological polar surface area (TPSA) is 44.1 Å². The van der Waals surface area contributed by atoms with Crippen LogP contribution in [0.25, 0.3) is 11.3 Å². The van der Waals surface area contributed by atoms with Crippen molar-refractivity contribution in [1.82, 2.24) is 9.55 Å². The Morgan fingerprint density at radius 2 is 1.76 bits per heavy atom. The molecule has 1 heterocycles. The molecule has 5 heteroatoms. The lowest BCUT2D eigenvalue weighted by Crippen LogP contribution is -2.14. The van der Waals surface area contributed by atoms with E-state index in [2.05, 4.69) is 4.98 Å². The Bertz CT molecular complexity index is 751. The molecule has 0 spiro atoms. The summed E-state index contributed by atoms with van der Waals surface area (Å²) in [6.07, 6.45) is 2.54. The van der Waals surface area contributed by atoms with Gasteiger partial charge in [0.05, 0.1) is 5.69 Å². The first-order valence-corrected chi connectivity index (χ1v) is 6.67. The normalized spacial score (nSPS) is 10.3. The molecule has 0 bridgehead atoms. The van der Waals surface area contributed by atoms with Crippen LogP contribution >= 0.6 is 11.6 Å². The van der Waals surface area contributed by atoms with Gasteiger partial charge in [-0.05, 0) is 24.3 Å². The lowest BCUT2D eigenvalue weighted by atomic mass is 10.2. The van der Waals surface area contributed by atoms with E-state index in [1.54, 1.807) is 42.6 Å². The molecule has 0 amide bonds. The van der Waals surface area contributed by atoms with Crippen LogP contribution in [0.15, 0.2) is 67.1 Å². The van der Waals surface area contributed by atoms with Gasteiger partial charge < -0.3 is 4.74 Å². The number of nitrogens with zero attached hydrogens (tertiary/aromatic N) is 2. The standard InChI is InChI=1S/C16H11ClN2O2/c17-13-8-6-12(7-9-13)15-10-19(11-18-15)16(20)21-14-4-2-1-3-5-14/h1-11H. The highest BCUT2D eigenvalue weighted by molar-refractivity contribution is 6.30. The molecule has 0 radical (unpaired) electrons. The molecule has 0 atom stereocenters. The van der Waals surface area contributed by atoms with Gasteiger partial charge in [0, 0.05) is 16.8 Å². The Morgan fingerprint density at radius 3 is 2.48 bits per heavy atom. The summed E-state index contributed by atoms with van der Waals surface area (Å²) < 4.78 is 6.53. The molecule has 3 aromatic rings. The average Bonchev–Trinajstić information content (AvgIpc) is 2.99. The summed E-state index contributed by atoms with van der Waals surface area (Å²) in [5, 5.41) is 0.654. The highest BCUT2D eigenvalue weighted by Crippen LogP contribution is 2.20. The first-order chi connectivity index (χ1) is 10.2. The van der Waals surface area contributed by atoms with Crippen molar-refractivity contribution in [1.29, 1.82) is 0 Å². The minimum absolute atomic E-state index is 0.490. The largest absolute Gasteiger partial charge is 0.424 e. The summed E-state index contributed by atoms with van der Waals surface area (Å²) in [6.45, 7) is 0. The van der Waals surface area contributed by atoms with E-state index in [1.165, 1.54) is 10.9 Å². The summed E-state index contributed by atoms with van der Waals surface area (Å²) in [5.74, 6) is 0.490. The maximum Gasteiger partial charge on any atom is 0.424 e. The number of hydrogen-bond donors (Lipinski definition) is 0. The van der Waals surface area contributed by atoms with Gasteiger partial charge in [-0.3, -0.25) is 0 Å². The number of hydrogen-bond acceptors (Lipinski definition) is 3. The van der Waals surface area contributed by atoms with Crippen LogP contribution in [-0.4, -0.2) is 15.6 Å². The molecule has 21 heavy (non-hydrogen) atoms. The van der Waals surface area contributed by atoms with Crippen LogP contribution < -0.4 is 4.74 Å². The van der Waals surface area contributed by atoms with Gasteiger partial charge in [0.2, 0.25) is 0 Å². The molecular weight excluding hydrogens is 288 g/mol. The average molecular weight is 299 g/mol. The van der Waals surface area contributed by atoms with Crippen molar-refractivity contribution in [3.05, 3.63) is 72.1 Å². The smallest absolute Gasteiger partial charge is 0.410 e. The van der Waals surface area contributed by atoms with Crippen molar-refractivity contribution in [3.63, 3.8) is 0 Å². The highest BCUT2D eigenvalue weighted by atomic mass is 35.5. The zero-order valence-corrected chi connectivity index (χ0v) is 11.7. The van der Waals surface area contributed by atoms with E-state index in [0.717, 1.165) is 5.56 Å². The van der Waals surface area contributed by atoms with Gasteiger partial charge in [0.15, 0.2) is 0 Å². The summed E-state index contributed by atoms with van der Waals surface area (Å²) in [4.78, 5) is 16.2. The quantitative estimate of drug-likeness (QED) is 0.710. The molecule has 0 fully saturated rings. The third-order valence-corrected chi connectivity index (χ3v) is 3.13. The van der Waals surface area contributed by atoms with Crippen molar-refractivity contribution in [3.8, 4) is 17.0 Å². The van der Waals surface area contributed by atoms with E-state index in [9.17, 15) is 4.79 Å². The van der Waals surface area contributed by atoms with Gasteiger partial charge in [0.1, 0.15) is 12.1 Å². The predicted molar refractivity (Wildman–Crippen MR) is 80.5 cm³/mol. The third kappa shape index (κ3) is 3.12. The Morgan fingerprint density at radius 1 is 1.05 bits per heavy atom. The van der Waals surface area contributed by atoms with Crippen LogP contribution in [0.4, 0.5) is 4.79 Å². The van der Waals surface area contributed by atoms with E-state index in [0.29, 0.717) is 16.5 Å². The number of benzene rings is 2. The van der Waals surface area contributed by atoms with Crippen LogP contribution in [0.2, 0.25) is 5.02 Å². The van der Waals surface area contributed by atoms with E-state index in [1.807, 2.05) is 18.2 Å². The van der Waals surface area contributed by atoms with Crippen LogP contribution in [0, 0.1) is 0 Å². The first-order valence-electron chi connectivity index (χ1n) is 6.29. The maximum absolute atomic E-state index is 12.0. The fourth-order valence-electron chi connectivity index (χ4n) is 1.83. The fraction of sp³-hybridized carbons (Fsp3) is 0. The molecule has 0 unspecified atom stereocenters. The van der Waals surface area contributed by atoms with Crippen molar-refractivity contribution in [2.24, 2.45) is 0 Å². The van der Waals surface area contributed by atoms with Gasteiger partial charge in [-0.25, -0.2) is 14.3 Å². The number of carbonyl (C=O) groups excluding carboxylic acids is 1. The van der Waals surface area contributed by atoms with Crippen LogP contribution in [0.3, 0.4) is 0 Å². The lowest BCUT2D eigenvalue weighted by Gasteiger charge is -2.03. The monoisotopic (exact) mass is 298 g/mol. The van der Waals surface area contributed by atoms with Gasteiger partial charge >= 0.3 is 6.09 Å². The summed E-state index contributed by atoms with van der Waals surface area (Å²) in [5.41, 5.74) is 1.56. The lowest BCUT2D eigenvalue weighted by molar-refractivity contribution is 0.202. The van der Waals surface area contributed by atoms with Gasteiger partial charge in [-0.2, -0.15) is 0 Å². The maximum atomic E-state index is 12.0. The number of para-hydroxylation sites is 1. The summed E-state index contributed by atoms with van der Waals surface area (Å²) in [7, 11) is 0. The molecule has 0 saturated heterocycles. The van der Waals surface area contributed by atoms with E-state index >= 15 is 0 Å². The summed E-state index contributed by atoms with van der Waals surface area (Å²) in [6, 6.07) is 16.1. The Balaban J connectivity index is 1.78. The molecule has 3 rings (SSSR count). The number of aromatic nitrogens is 2. The van der Waals surface area contributed by atoms with E-state index in [-0.39, 0.29) is 0 Å². The zero-order valence-electron chi connectivity index (χ0n) is 10.9. The number of imidazole rings is 1. The first kappa shape index (κ1) is 13.4. The molecule has 4 nitrogen and oxygen atoms in total. The molecule has 2 aromatic carbocycles. The number of ether oxygens (including phenoxy) is 1. The minimum atomic E-state index is -0.506. The molecule has 0 saturated carbocycles. The molecule has 0 N–H and O–H groups in total. The van der Waals surface area contributed by atoms with E-state index < -0.39 is 6.09 Å². The number of rotatable bonds is 2. The minimum Gasteiger partial charge on any atom is -0.410 e. The van der Waals surface area contributed by atoms with Crippen molar-refractivity contribution < 1.29 is 9.53 Å². The molecular formula is C16H11ClN2O2. The Kier molecular flexibility index (Phi) is 3.71. The second kappa shape index (κ2) is 5.81. The number of halogens is 1.